The van der Waals surface area contributed by atoms with E-state index in [9.17, 15) is 13.2 Å². The Kier molecular flexibility index (Phi) is 6.60. The van der Waals surface area contributed by atoms with Crippen LogP contribution in [0.1, 0.15) is 11.3 Å². The van der Waals surface area contributed by atoms with E-state index in [4.69, 9.17) is 10.6 Å². The van der Waals surface area contributed by atoms with Crippen molar-refractivity contribution in [3.05, 3.63) is 65.5 Å². The zero-order valence-corrected chi connectivity index (χ0v) is 19.8. The maximum atomic E-state index is 13.2. The number of rotatable bonds is 5. The average Bonchev–Trinajstić information content (AvgIpc) is 2.79. The standard InChI is InChI=1S/C21H23IN4O4S/c22-19(21(27)25-9-11-30-12-10-25)17-14-31(28,29)18-7-2-1-6-16(18)20(17)26(23)13-15-5-3-4-8-24-15/h1-8,19H,9-14,23H2. The molecule has 1 aromatic heterocycles. The lowest BCUT2D eigenvalue weighted by atomic mass is 10.0. The molecule has 2 aromatic rings. The normalized spacial score (nSPS) is 19.0. The number of amides is 1. The molecule has 0 spiro atoms. The Morgan fingerprint density at radius 1 is 1.19 bits per heavy atom. The van der Waals surface area contributed by atoms with Gasteiger partial charge in [-0.3, -0.25) is 9.78 Å². The fourth-order valence-corrected chi connectivity index (χ4v) is 6.69. The average molecular weight is 554 g/mol. The van der Waals surface area contributed by atoms with E-state index in [1.165, 1.54) is 5.01 Å². The fourth-order valence-electron chi connectivity index (χ4n) is 3.83. The predicted molar refractivity (Wildman–Crippen MR) is 125 cm³/mol. The first-order valence-corrected chi connectivity index (χ1v) is 12.8. The summed E-state index contributed by atoms with van der Waals surface area (Å²) in [5.74, 6) is 6.10. The molecule has 0 radical (unpaired) electrons. The molecule has 1 unspecified atom stereocenters. The zero-order valence-electron chi connectivity index (χ0n) is 16.8. The first-order chi connectivity index (χ1) is 14.9. The van der Waals surface area contributed by atoms with Gasteiger partial charge in [0, 0.05) is 24.8 Å². The van der Waals surface area contributed by atoms with Crippen molar-refractivity contribution in [3.63, 3.8) is 0 Å². The number of fused-ring (bicyclic) bond motifs is 1. The number of carbonyl (C=O) groups excluding carboxylic acids is 1. The van der Waals surface area contributed by atoms with E-state index in [-0.39, 0.29) is 23.1 Å². The number of morpholine rings is 1. The van der Waals surface area contributed by atoms with Gasteiger partial charge in [-0.05, 0) is 23.8 Å². The highest BCUT2D eigenvalue weighted by atomic mass is 127. The SMILES string of the molecule is NN(Cc1ccccn1)C1=C(C(I)C(=O)N2CCOCC2)CS(=O)(=O)c2ccccc21. The van der Waals surface area contributed by atoms with Crippen LogP contribution in [0.4, 0.5) is 0 Å². The van der Waals surface area contributed by atoms with Gasteiger partial charge in [-0.15, -0.1) is 0 Å². The molecule has 3 heterocycles. The number of hydrazine groups is 1. The lowest BCUT2D eigenvalue weighted by Crippen LogP contribution is -2.46. The highest BCUT2D eigenvalue weighted by molar-refractivity contribution is 14.1. The molecule has 0 saturated carbocycles. The van der Waals surface area contributed by atoms with Crippen molar-refractivity contribution >= 4 is 44.0 Å². The number of halogens is 1. The summed E-state index contributed by atoms with van der Waals surface area (Å²) in [6, 6.07) is 12.3. The zero-order chi connectivity index (χ0) is 22.0. The van der Waals surface area contributed by atoms with E-state index in [1.54, 1.807) is 35.4 Å². The van der Waals surface area contributed by atoms with Crippen molar-refractivity contribution < 1.29 is 17.9 Å². The van der Waals surface area contributed by atoms with Crippen LogP contribution < -0.4 is 5.84 Å². The highest BCUT2D eigenvalue weighted by Crippen LogP contribution is 2.38. The first kappa shape index (κ1) is 22.2. The van der Waals surface area contributed by atoms with Crippen LogP contribution in [0.2, 0.25) is 0 Å². The second-order valence-corrected chi connectivity index (χ2v) is 10.6. The van der Waals surface area contributed by atoms with E-state index in [1.807, 2.05) is 40.8 Å². The fraction of sp³-hybridized carbons (Fsp3) is 0.333. The summed E-state index contributed by atoms with van der Waals surface area (Å²) in [4.78, 5) is 19.5. The number of pyridine rings is 1. The summed E-state index contributed by atoms with van der Waals surface area (Å²) in [6.45, 7) is 2.22. The van der Waals surface area contributed by atoms with E-state index in [0.717, 1.165) is 5.69 Å². The molecule has 1 amide bonds. The van der Waals surface area contributed by atoms with Gasteiger partial charge in [0.2, 0.25) is 5.91 Å². The number of alkyl halides is 1. The maximum Gasteiger partial charge on any atom is 0.239 e. The third kappa shape index (κ3) is 4.61. The molecule has 1 aromatic carbocycles. The molecule has 31 heavy (non-hydrogen) atoms. The number of ether oxygens (including phenoxy) is 1. The number of carbonyl (C=O) groups is 1. The van der Waals surface area contributed by atoms with E-state index in [2.05, 4.69) is 4.98 Å². The summed E-state index contributed by atoms with van der Waals surface area (Å²) in [7, 11) is -3.60. The summed E-state index contributed by atoms with van der Waals surface area (Å²) < 4.78 is 30.8. The number of nitrogens with two attached hydrogens (primary N) is 1. The van der Waals surface area contributed by atoms with E-state index >= 15 is 0 Å². The number of benzene rings is 1. The lowest BCUT2D eigenvalue weighted by molar-refractivity contribution is -0.133. The number of sulfone groups is 1. The molecular formula is C21H23IN4O4S. The van der Waals surface area contributed by atoms with E-state index < -0.39 is 13.8 Å². The minimum atomic E-state index is -3.60. The van der Waals surface area contributed by atoms with Crippen LogP contribution in [-0.2, 0) is 25.9 Å². The van der Waals surface area contributed by atoms with Gasteiger partial charge >= 0.3 is 0 Å². The Hall–Kier alpha value is -2.02. The summed E-state index contributed by atoms with van der Waals surface area (Å²) in [5.41, 5.74) is 2.32. The summed E-state index contributed by atoms with van der Waals surface area (Å²) in [6.07, 6.45) is 1.68. The number of aromatic nitrogens is 1. The van der Waals surface area contributed by atoms with Gasteiger partial charge in [-0.25, -0.2) is 14.3 Å². The molecule has 1 fully saturated rings. The predicted octanol–water partition coefficient (Wildman–Crippen LogP) is 1.62. The third-order valence-electron chi connectivity index (χ3n) is 5.32. The number of nitrogens with zero attached hydrogens (tertiary/aromatic N) is 3. The minimum absolute atomic E-state index is 0.128. The quantitative estimate of drug-likeness (QED) is 0.259. The Bertz CT molecular complexity index is 1100. The lowest BCUT2D eigenvalue weighted by Gasteiger charge is -2.34. The monoisotopic (exact) mass is 554 g/mol. The Labute approximate surface area is 195 Å². The van der Waals surface area contributed by atoms with Gasteiger partial charge in [-0.2, -0.15) is 0 Å². The van der Waals surface area contributed by atoms with Gasteiger partial charge in [0.05, 0.1) is 41.8 Å². The van der Waals surface area contributed by atoms with Crippen molar-refractivity contribution in [3.8, 4) is 0 Å². The van der Waals surface area contributed by atoms with Crippen LogP contribution in [0, 0.1) is 0 Å². The second kappa shape index (κ2) is 9.23. The van der Waals surface area contributed by atoms with Gasteiger partial charge in [0.1, 0.15) is 3.92 Å². The molecule has 2 aliphatic heterocycles. The maximum absolute atomic E-state index is 13.2. The molecule has 164 valence electrons. The van der Waals surface area contributed by atoms with Crippen LogP contribution in [0.3, 0.4) is 0 Å². The molecule has 1 atom stereocenters. The first-order valence-electron chi connectivity index (χ1n) is 9.86. The molecule has 0 bridgehead atoms. The van der Waals surface area contributed by atoms with Crippen LogP contribution in [-0.4, -0.2) is 65.2 Å². The van der Waals surface area contributed by atoms with Crippen LogP contribution in [0.25, 0.3) is 5.70 Å². The summed E-state index contributed by atoms with van der Waals surface area (Å²) >= 11 is 2.03. The molecule has 4 rings (SSSR count). The van der Waals surface area contributed by atoms with Crippen molar-refractivity contribution in [2.24, 2.45) is 5.84 Å². The van der Waals surface area contributed by atoms with E-state index in [0.29, 0.717) is 43.1 Å². The van der Waals surface area contributed by atoms with Crippen LogP contribution >= 0.6 is 22.6 Å². The third-order valence-corrected chi connectivity index (χ3v) is 8.32. The molecule has 1 saturated heterocycles. The Morgan fingerprint density at radius 2 is 1.90 bits per heavy atom. The van der Waals surface area contributed by atoms with Crippen molar-refractivity contribution in [1.29, 1.82) is 0 Å². The molecule has 2 aliphatic rings. The summed E-state index contributed by atoms with van der Waals surface area (Å²) in [5, 5.41) is 1.50. The van der Waals surface area contributed by atoms with Crippen molar-refractivity contribution in [2.75, 3.05) is 32.1 Å². The van der Waals surface area contributed by atoms with Gasteiger partial charge in [0.25, 0.3) is 0 Å². The molecule has 2 N–H and O–H groups in total. The minimum Gasteiger partial charge on any atom is -0.378 e. The molecule has 10 heteroatoms. The molecular weight excluding hydrogens is 531 g/mol. The topological polar surface area (TPSA) is 106 Å². The Morgan fingerprint density at radius 3 is 2.61 bits per heavy atom. The van der Waals surface area contributed by atoms with Crippen molar-refractivity contribution in [2.45, 2.75) is 15.4 Å². The van der Waals surface area contributed by atoms with Crippen LogP contribution in [0.5, 0.6) is 0 Å². The molecule has 8 nitrogen and oxygen atoms in total. The highest BCUT2D eigenvalue weighted by Gasteiger charge is 2.38. The number of hydrogen-bond donors (Lipinski definition) is 1. The second-order valence-electron chi connectivity index (χ2n) is 7.38. The largest absolute Gasteiger partial charge is 0.378 e. The Balaban J connectivity index is 1.78. The van der Waals surface area contributed by atoms with Gasteiger partial charge < -0.3 is 14.6 Å². The van der Waals surface area contributed by atoms with Crippen LogP contribution in [0.15, 0.2) is 59.1 Å². The van der Waals surface area contributed by atoms with Crippen molar-refractivity contribution in [1.82, 2.24) is 14.9 Å². The number of hydrogen-bond acceptors (Lipinski definition) is 7. The van der Waals surface area contributed by atoms with Gasteiger partial charge in [-0.1, -0.05) is 46.9 Å². The molecule has 0 aliphatic carbocycles. The smallest absolute Gasteiger partial charge is 0.239 e. The van der Waals surface area contributed by atoms with Gasteiger partial charge in [0.15, 0.2) is 9.84 Å².